The Hall–Kier alpha value is -1.66. The van der Waals surface area contributed by atoms with Crippen LogP contribution in [0.5, 0.6) is 5.75 Å². The second-order valence-corrected chi connectivity index (χ2v) is 6.92. The van der Waals surface area contributed by atoms with Crippen LogP contribution in [-0.4, -0.2) is 46.7 Å². The number of halogens is 1. The van der Waals surface area contributed by atoms with Crippen molar-refractivity contribution in [3.05, 3.63) is 33.9 Å². The molecule has 1 saturated heterocycles. The lowest BCUT2D eigenvalue weighted by atomic mass is 10.1. The average Bonchev–Trinajstić information content (AvgIpc) is 2.84. The highest BCUT2D eigenvalue weighted by Crippen LogP contribution is 2.34. The summed E-state index contributed by atoms with van der Waals surface area (Å²) in [5.41, 5.74) is 2.87. The summed E-state index contributed by atoms with van der Waals surface area (Å²) in [6.45, 7) is 4.56. The molecule has 1 aliphatic heterocycles. The molecule has 1 aromatic carbocycles. The quantitative estimate of drug-likeness (QED) is 0.888. The number of nitrogens with zero attached hydrogens (tertiary/aromatic N) is 2. The van der Waals surface area contributed by atoms with Gasteiger partial charge >= 0.3 is 5.97 Å². The molecule has 1 unspecified atom stereocenters. The number of aliphatic carboxylic acids is 1. The first-order valence-electron chi connectivity index (χ1n) is 7.53. The van der Waals surface area contributed by atoms with E-state index in [2.05, 4.69) is 20.9 Å². The van der Waals surface area contributed by atoms with Crippen LogP contribution in [0, 0.1) is 13.8 Å². The Morgan fingerprint density at radius 2 is 2.17 bits per heavy atom. The molecule has 1 N–H and O–H groups in total. The van der Waals surface area contributed by atoms with Crippen molar-refractivity contribution in [3.63, 3.8) is 0 Å². The average molecular weight is 379 g/mol. The molecule has 2 atom stereocenters. The molecule has 1 aliphatic rings. The number of carboxylic acid groups (broad SMARTS) is 1. The van der Waals surface area contributed by atoms with Gasteiger partial charge < -0.3 is 9.84 Å². The van der Waals surface area contributed by atoms with Crippen LogP contribution in [0.1, 0.15) is 17.7 Å². The summed E-state index contributed by atoms with van der Waals surface area (Å²) < 4.78 is 7.12. The van der Waals surface area contributed by atoms with E-state index in [1.807, 2.05) is 44.0 Å². The van der Waals surface area contributed by atoms with Gasteiger partial charge in [0.25, 0.3) is 0 Å². The number of likely N-dealkylation sites (tertiary alicyclic amines) is 1. The highest BCUT2D eigenvalue weighted by Gasteiger charge is 2.35. The number of likely N-dealkylation sites (N-methyl/N-ethyl adjacent to an activating group) is 1. The molecule has 122 valence electrons. The van der Waals surface area contributed by atoms with Crippen molar-refractivity contribution >= 4 is 32.8 Å². The normalized spacial score (nSPS) is 21.7. The number of carboxylic acids is 1. The Morgan fingerprint density at radius 1 is 1.43 bits per heavy atom. The number of aromatic nitrogens is 1. The van der Waals surface area contributed by atoms with E-state index in [1.54, 1.807) is 0 Å². The summed E-state index contributed by atoms with van der Waals surface area (Å²) in [6, 6.07) is 5.46. The summed E-state index contributed by atoms with van der Waals surface area (Å²) in [6.07, 6.45) is 0.355. The van der Waals surface area contributed by atoms with Crippen molar-refractivity contribution in [2.75, 3.05) is 13.6 Å². The zero-order chi connectivity index (χ0) is 16.7. The lowest BCUT2D eigenvalue weighted by molar-refractivity contribution is -0.141. The van der Waals surface area contributed by atoms with Crippen LogP contribution in [-0.2, 0) is 4.79 Å². The van der Waals surface area contributed by atoms with Crippen molar-refractivity contribution < 1.29 is 14.6 Å². The second kappa shape index (κ2) is 6.09. The largest absolute Gasteiger partial charge is 0.488 e. The van der Waals surface area contributed by atoms with Gasteiger partial charge in [0, 0.05) is 34.6 Å². The topological polar surface area (TPSA) is 62.7 Å². The van der Waals surface area contributed by atoms with E-state index in [1.165, 1.54) is 0 Å². The zero-order valence-corrected chi connectivity index (χ0v) is 14.9. The summed E-state index contributed by atoms with van der Waals surface area (Å²) in [7, 11) is 1.82. The minimum atomic E-state index is -0.798. The summed E-state index contributed by atoms with van der Waals surface area (Å²) in [5.74, 6) is -0.0367. The van der Waals surface area contributed by atoms with Crippen molar-refractivity contribution in [2.24, 2.45) is 0 Å². The van der Waals surface area contributed by atoms with Gasteiger partial charge in [0.1, 0.15) is 17.9 Å². The minimum absolute atomic E-state index is 0.133. The molecule has 1 aromatic heterocycles. The van der Waals surface area contributed by atoms with Crippen molar-refractivity contribution in [3.8, 4) is 5.75 Å². The van der Waals surface area contributed by atoms with Crippen molar-refractivity contribution in [1.82, 2.24) is 9.88 Å². The van der Waals surface area contributed by atoms with E-state index in [-0.39, 0.29) is 6.10 Å². The van der Waals surface area contributed by atoms with Gasteiger partial charge in [-0.1, -0.05) is 6.07 Å². The van der Waals surface area contributed by atoms with Gasteiger partial charge in [0.05, 0.1) is 5.52 Å². The molecular formula is C17H19BrN2O3. The molecule has 5 nitrogen and oxygen atoms in total. The van der Waals surface area contributed by atoms with Crippen LogP contribution in [0.15, 0.2) is 22.7 Å². The van der Waals surface area contributed by atoms with Crippen molar-refractivity contribution in [2.45, 2.75) is 32.4 Å². The van der Waals surface area contributed by atoms with E-state index in [9.17, 15) is 9.90 Å². The fourth-order valence-electron chi connectivity index (χ4n) is 3.05. The third-order valence-corrected chi connectivity index (χ3v) is 5.29. The highest BCUT2D eigenvalue weighted by atomic mass is 79.9. The maximum absolute atomic E-state index is 11.2. The maximum Gasteiger partial charge on any atom is 0.321 e. The molecule has 3 rings (SSSR count). The predicted molar refractivity (Wildman–Crippen MR) is 92.0 cm³/mol. The molecule has 6 heteroatoms. The van der Waals surface area contributed by atoms with Crippen LogP contribution in [0.3, 0.4) is 0 Å². The molecule has 0 radical (unpaired) electrons. The molecule has 1 fully saturated rings. The van der Waals surface area contributed by atoms with Crippen molar-refractivity contribution in [1.29, 1.82) is 0 Å². The first kappa shape index (κ1) is 16.2. The highest BCUT2D eigenvalue weighted by molar-refractivity contribution is 9.10. The smallest absolute Gasteiger partial charge is 0.321 e. The van der Waals surface area contributed by atoms with Gasteiger partial charge in [0.2, 0.25) is 0 Å². The molecule has 0 spiro atoms. The van der Waals surface area contributed by atoms with Gasteiger partial charge in [-0.3, -0.25) is 14.7 Å². The van der Waals surface area contributed by atoms with E-state index >= 15 is 0 Å². The van der Waals surface area contributed by atoms with E-state index in [0.29, 0.717) is 13.0 Å². The molecule has 0 saturated carbocycles. The third kappa shape index (κ3) is 3.05. The number of pyridine rings is 1. The Labute approximate surface area is 143 Å². The zero-order valence-electron chi connectivity index (χ0n) is 13.3. The maximum atomic E-state index is 11.2. The summed E-state index contributed by atoms with van der Waals surface area (Å²) in [4.78, 5) is 17.7. The molecule has 0 aliphatic carbocycles. The number of hydrogen-bond donors (Lipinski definition) is 1. The number of ether oxygens (including phenoxy) is 1. The van der Waals surface area contributed by atoms with E-state index in [0.717, 1.165) is 32.4 Å². The number of hydrogen-bond acceptors (Lipinski definition) is 4. The third-order valence-electron chi connectivity index (χ3n) is 4.29. The predicted octanol–water partition coefficient (Wildman–Crippen LogP) is 3.15. The van der Waals surface area contributed by atoms with Gasteiger partial charge in [-0.25, -0.2) is 0 Å². The SMILES string of the molecule is Cc1cc(O[C@@H]2CC(C(=O)O)N(C)C2)c2ccc(C)c(Br)c2n1. The standard InChI is InChI=1S/C17H19BrN2O3/c1-9-4-5-12-14(6-10(2)19-16(12)15(9)18)23-11-7-13(17(21)22)20(3)8-11/h4-6,11,13H,7-8H2,1-3H3,(H,21,22)/t11-,13?/m1/s1. The van der Waals surface area contributed by atoms with Gasteiger partial charge in [-0.05, 0) is 48.5 Å². The summed E-state index contributed by atoms with van der Waals surface area (Å²) >= 11 is 3.60. The lowest BCUT2D eigenvalue weighted by Crippen LogP contribution is -2.32. The first-order chi connectivity index (χ1) is 10.9. The Bertz CT molecular complexity index is 778. The van der Waals surface area contributed by atoms with E-state index < -0.39 is 12.0 Å². The summed E-state index contributed by atoms with van der Waals surface area (Å²) in [5, 5.41) is 10.2. The number of benzene rings is 1. The number of aryl methyl sites for hydroxylation is 2. The molecule has 2 aromatic rings. The van der Waals surface area contributed by atoms with Crippen LogP contribution >= 0.6 is 15.9 Å². The fourth-order valence-corrected chi connectivity index (χ4v) is 3.49. The lowest BCUT2D eigenvalue weighted by Gasteiger charge is -2.16. The van der Waals surface area contributed by atoms with Crippen LogP contribution in [0.25, 0.3) is 10.9 Å². The Kier molecular flexibility index (Phi) is 4.29. The molecule has 0 amide bonds. The first-order valence-corrected chi connectivity index (χ1v) is 8.32. The van der Waals surface area contributed by atoms with Crippen LogP contribution in [0.4, 0.5) is 0 Å². The number of carbonyl (C=O) groups is 1. The van der Waals surface area contributed by atoms with Crippen LogP contribution in [0.2, 0.25) is 0 Å². The monoisotopic (exact) mass is 378 g/mol. The number of fused-ring (bicyclic) bond motifs is 1. The second-order valence-electron chi connectivity index (χ2n) is 6.12. The molecular weight excluding hydrogens is 360 g/mol. The minimum Gasteiger partial charge on any atom is -0.488 e. The van der Waals surface area contributed by atoms with Crippen LogP contribution < -0.4 is 4.74 Å². The fraction of sp³-hybridized carbons (Fsp3) is 0.412. The van der Waals surface area contributed by atoms with Gasteiger partial charge in [0.15, 0.2) is 0 Å². The molecule has 0 bridgehead atoms. The Morgan fingerprint density at radius 3 is 2.83 bits per heavy atom. The van der Waals surface area contributed by atoms with Gasteiger partial charge in [-0.2, -0.15) is 0 Å². The van der Waals surface area contributed by atoms with E-state index in [4.69, 9.17) is 4.74 Å². The Balaban J connectivity index is 1.95. The number of rotatable bonds is 3. The molecule has 23 heavy (non-hydrogen) atoms. The molecule has 2 heterocycles. The van der Waals surface area contributed by atoms with Gasteiger partial charge in [-0.15, -0.1) is 0 Å².